The number of hydrogen-bond acceptors (Lipinski definition) is 5. The zero-order valence-corrected chi connectivity index (χ0v) is 16.3. The smallest absolute Gasteiger partial charge is 0.224 e. The van der Waals surface area contributed by atoms with Crippen LogP contribution in [0.4, 0.5) is 20.3 Å². The molecule has 0 unspecified atom stereocenters. The number of anilines is 2. The SMILES string of the molecule is O=C1CCc2c(OCC3(O)CCN(c4ncc(Cl)cc4F)CC3)ccc(F)c2N1. The summed E-state index contributed by atoms with van der Waals surface area (Å²) in [6.45, 7) is 0.829. The third-order valence-electron chi connectivity index (χ3n) is 5.36. The fraction of sp³-hybridized carbons (Fsp3) is 0.400. The van der Waals surface area contributed by atoms with Crippen LogP contribution in [0, 0.1) is 11.6 Å². The molecule has 1 saturated heterocycles. The van der Waals surface area contributed by atoms with Crippen LogP contribution in [-0.2, 0) is 11.2 Å². The first-order valence-corrected chi connectivity index (χ1v) is 9.75. The lowest BCUT2D eigenvalue weighted by Gasteiger charge is -2.38. The van der Waals surface area contributed by atoms with Crippen LogP contribution >= 0.6 is 11.6 Å². The molecule has 2 aliphatic heterocycles. The minimum absolute atomic E-state index is 0.0172. The van der Waals surface area contributed by atoms with E-state index in [-0.39, 0.29) is 35.5 Å². The highest BCUT2D eigenvalue weighted by atomic mass is 35.5. The van der Waals surface area contributed by atoms with Crippen molar-refractivity contribution in [1.29, 1.82) is 0 Å². The summed E-state index contributed by atoms with van der Waals surface area (Å²) in [7, 11) is 0. The van der Waals surface area contributed by atoms with E-state index in [1.165, 1.54) is 24.4 Å². The van der Waals surface area contributed by atoms with Crippen molar-refractivity contribution < 1.29 is 23.4 Å². The summed E-state index contributed by atoms with van der Waals surface area (Å²) < 4.78 is 33.9. The molecule has 0 bridgehead atoms. The Morgan fingerprint density at radius 3 is 2.72 bits per heavy atom. The van der Waals surface area contributed by atoms with Crippen molar-refractivity contribution in [2.75, 3.05) is 29.9 Å². The Morgan fingerprint density at radius 2 is 2.00 bits per heavy atom. The Morgan fingerprint density at radius 1 is 1.24 bits per heavy atom. The molecule has 0 aliphatic carbocycles. The van der Waals surface area contributed by atoms with Gasteiger partial charge in [0.1, 0.15) is 23.8 Å². The Balaban J connectivity index is 1.41. The minimum Gasteiger partial charge on any atom is -0.490 e. The molecule has 1 fully saturated rings. The van der Waals surface area contributed by atoms with Crippen molar-refractivity contribution in [2.24, 2.45) is 0 Å². The van der Waals surface area contributed by atoms with Gasteiger partial charge in [0, 0.05) is 31.3 Å². The number of piperidine rings is 1. The highest BCUT2D eigenvalue weighted by molar-refractivity contribution is 6.30. The first-order valence-electron chi connectivity index (χ1n) is 9.37. The van der Waals surface area contributed by atoms with Crippen LogP contribution in [0.15, 0.2) is 24.4 Å². The van der Waals surface area contributed by atoms with E-state index in [4.69, 9.17) is 16.3 Å². The second-order valence-corrected chi connectivity index (χ2v) is 7.84. The fourth-order valence-corrected chi connectivity index (χ4v) is 3.83. The Hall–Kier alpha value is -2.45. The topological polar surface area (TPSA) is 74.7 Å². The lowest BCUT2D eigenvalue weighted by atomic mass is 9.92. The van der Waals surface area contributed by atoms with Gasteiger partial charge in [-0.25, -0.2) is 13.8 Å². The van der Waals surface area contributed by atoms with Gasteiger partial charge in [-0.3, -0.25) is 4.79 Å². The zero-order chi connectivity index (χ0) is 20.6. The van der Waals surface area contributed by atoms with Gasteiger partial charge in [0.25, 0.3) is 0 Å². The van der Waals surface area contributed by atoms with Gasteiger partial charge in [-0.05, 0) is 37.5 Å². The molecular formula is C20H20ClF2N3O3. The predicted molar refractivity (Wildman–Crippen MR) is 104 cm³/mol. The molecule has 2 aromatic rings. The number of amides is 1. The number of nitrogens with zero attached hydrogens (tertiary/aromatic N) is 2. The molecule has 0 radical (unpaired) electrons. The number of hydrogen-bond donors (Lipinski definition) is 2. The molecule has 1 aromatic heterocycles. The summed E-state index contributed by atoms with van der Waals surface area (Å²) in [6, 6.07) is 3.96. The van der Waals surface area contributed by atoms with Crippen LogP contribution in [0.2, 0.25) is 5.02 Å². The number of aliphatic hydroxyl groups is 1. The van der Waals surface area contributed by atoms with Gasteiger partial charge in [0.2, 0.25) is 5.91 Å². The van der Waals surface area contributed by atoms with E-state index < -0.39 is 17.2 Å². The largest absolute Gasteiger partial charge is 0.490 e. The van der Waals surface area contributed by atoms with Crippen LogP contribution in [0.25, 0.3) is 0 Å². The summed E-state index contributed by atoms with van der Waals surface area (Å²) in [6.07, 6.45) is 2.74. The molecule has 0 spiro atoms. The third-order valence-corrected chi connectivity index (χ3v) is 5.57. The van der Waals surface area contributed by atoms with E-state index in [0.717, 1.165) is 0 Å². The molecule has 154 valence electrons. The van der Waals surface area contributed by atoms with Crippen molar-refractivity contribution in [3.8, 4) is 5.75 Å². The van der Waals surface area contributed by atoms with Gasteiger partial charge in [-0.15, -0.1) is 0 Å². The molecule has 6 nitrogen and oxygen atoms in total. The Bertz CT molecular complexity index is 949. The number of aromatic nitrogens is 1. The van der Waals surface area contributed by atoms with Gasteiger partial charge in [0.15, 0.2) is 11.6 Å². The number of carbonyl (C=O) groups excluding carboxylic acids is 1. The maximum Gasteiger partial charge on any atom is 0.224 e. The van der Waals surface area contributed by atoms with E-state index in [1.807, 2.05) is 0 Å². The summed E-state index contributed by atoms with van der Waals surface area (Å²) in [4.78, 5) is 17.3. The van der Waals surface area contributed by atoms with Crippen molar-refractivity contribution in [1.82, 2.24) is 4.98 Å². The third kappa shape index (κ3) is 4.13. The molecule has 9 heteroatoms. The number of rotatable bonds is 4. The standard InChI is InChI=1S/C20H20ClF2N3O3/c21-12-9-15(23)19(24-10-12)26-7-5-20(28,6-8-26)11-29-16-3-2-14(22)18-13(16)1-4-17(27)25-18/h2-3,9-10,28H,1,4-8,11H2,(H,25,27). The van der Waals surface area contributed by atoms with Gasteiger partial charge >= 0.3 is 0 Å². The minimum atomic E-state index is -1.10. The first kappa shape index (κ1) is 19.8. The zero-order valence-electron chi connectivity index (χ0n) is 15.6. The van der Waals surface area contributed by atoms with E-state index in [9.17, 15) is 18.7 Å². The number of fused-ring (bicyclic) bond motifs is 1. The molecule has 1 aromatic carbocycles. The number of carbonyl (C=O) groups is 1. The number of ether oxygens (including phenoxy) is 1. The lowest BCUT2D eigenvalue weighted by molar-refractivity contribution is -0.116. The van der Waals surface area contributed by atoms with Crippen LogP contribution < -0.4 is 15.0 Å². The second kappa shape index (κ2) is 7.76. The van der Waals surface area contributed by atoms with Crippen molar-refractivity contribution in [3.05, 3.63) is 46.6 Å². The van der Waals surface area contributed by atoms with Gasteiger partial charge < -0.3 is 20.1 Å². The molecule has 0 saturated carbocycles. The van der Waals surface area contributed by atoms with Gasteiger partial charge in [0.05, 0.1) is 10.7 Å². The van der Waals surface area contributed by atoms with E-state index in [1.54, 1.807) is 4.90 Å². The molecule has 29 heavy (non-hydrogen) atoms. The molecule has 2 aliphatic rings. The fourth-order valence-electron chi connectivity index (χ4n) is 3.69. The quantitative estimate of drug-likeness (QED) is 0.789. The number of pyridine rings is 1. The average molecular weight is 424 g/mol. The molecule has 0 atom stereocenters. The van der Waals surface area contributed by atoms with Crippen molar-refractivity contribution in [3.63, 3.8) is 0 Å². The summed E-state index contributed by atoms with van der Waals surface area (Å²) >= 11 is 5.74. The van der Waals surface area contributed by atoms with Crippen LogP contribution in [-0.4, -0.2) is 41.3 Å². The Labute approximate surface area is 171 Å². The van der Waals surface area contributed by atoms with Crippen molar-refractivity contribution in [2.45, 2.75) is 31.3 Å². The van der Waals surface area contributed by atoms with Gasteiger partial charge in [-0.1, -0.05) is 11.6 Å². The maximum absolute atomic E-state index is 14.1. The normalized spacial score (nSPS) is 18.2. The van der Waals surface area contributed by atoms with Crippen LogP contribution in [0.1, 0.15) is 24.8 Å². The number of benzene rings is 1. The van der Waals surface area contributed by atoms with Crippen LogP contribution in [0.3, 0.4) is 0 Å². The summed E-state index contributed by atoms with van der Waals surface area (Å²) in [5, 5.41) is 13.6. The number of nitrogens with one attached hydrogen (secondary N) is 1. The predicted octanol–water partition coefficient (Wildman–Crippen LogP) is 3.31. The summed E-state index contributed by atoms with van der Waals surface area (Å²) in [5.74, 6) is -0.588. The average Bonchev–Trinajstić information content (AvgIpc) is 2.69. The number of halogens is 3. The highest BCUT2D eigenvalue weighted by Gasteiger charge is 2.35. The van der Waals surface area contributed by atoms with Gasteiger partial charge in [-0.2, -0.15) is 0 Å². The molecule has 1 amide bonds. The van der Waals surface area contributed by atoms with E-state index >= 15 is 0 Å². The van der Waals surface area contributed by atoms with Crippen LogP contribution in [0.5, 0.6) is 5.75 Å². The van der Waals surface area contributed by atoms with E-state index in [0.29, 0.717) is 43.7 Å². The second-order valence-electron chi connectivity index (χ2n) is 7.41. The van der Waals surface area contributed by atoms with Crippen molar-refractivity contribution >= 4 is 29.0 Å². The molecule has 3 heterocycles. The first-order chi connectivity index (χ1) is 13.8. The molecule has 2 N–H and O–H groups in total. The summed E-state index contributed by atoms with van der Waals surface area (Å²) in [5.41, 5.74) is -0.360. The molecular weight excluding hydrogens is 404 g/mol. The van der Waals surface area contributed by atoms with E-state index in [2.05, 4.69) is 10.3 Å². The lowest BCUT2D eigenvalue weighted by Crippen LogP contribution is -2.48. The Kier molecular flexibility index (Phi) is 5.31. The monoisotopic (exact) mass is 423 g/mol. The molecule has 4 rings (SSSR count). The highest BCUT2D eigenvalue weighted by Crippen LogP contribution is 2.35. The maximum atomic E-state index is 14.1.